The number of aromatic nitrogens is 3. The van der Waals surface area contributed by atoms with E-state index in [2.05, 4.69) is 15.0 Å². The Morgan fingerprint density at radius 1 is 0.556 bits per heavy atom. The Balaban J connectivity index is 4.09. The van der Waals surface area contributed by atoms with Crippen molar-refractivity contribution in [1.29, 1.82) is 0 Å². The first kappa shape index (κ1) is 20.3. The predicted octanol–water partition coefficient (Wildman–Crippen LogP) is -2.67. The van der Waals surface area contributed by atoms with Crippen LogP contribution in [0.1, 0.15) is 11.6 Å². The Hall–Kier alpha value is -4.79. The highest BCUT2D eigenvalue weighted by molar-refractivity contribution is 5.18. The Bertz CT molecular complexity index is 754. The molecule has 0 aromatic carbocycles. The van der Waals surface area contributed by atoms with E-state index >= 15 is 0 Å². The molecule has 1 aromatic heterocycles. The van der Waals surface area contributed by atoms with Crippen molar-refractivity contribution in [3.05, 3.63) is 72.3 Å². The smallest absolute Gasteiger partial charge is 0.368 e. The summed E-state index contributed by atoms with van der Waals surface area (Å²) in [5.41, 5.74) is 4.96. The van der Waals surface area contributed by atoms with Crippen molar-refractivity contribution in [3.8, 4) is 0 Å². The number of rotatable bonds is 8. The molecule has 0 unspecified atom stereocenters. The standard InChI is InChI=1S/C5H2N10O12/c6-3-8-1(4(10(16)17,11(18)19)12(20)21)7-2(9-3)5(13(22)23,14(24)25)15(26)27/h(H2,6,7,8,9). The fraction of sp³-hybridized carbons (Fsp3) is 0.400. The van der Waals surface area contributed by atoms with Crippen molar-refractivity contribution in [2.75, 3.05) is 5.73 Å². The SMILES string of the molecule is Nc1nc(C([N+](=O)[O-])([N+](=O)[O-])[N+](=O)[O-])nc(C([N+](=O)[O-])([N+](=O)[O-])[N+](=O)[O-])n1. The van der Waals surface area contributed by atoms with Gasteiger partial charge < -0.3 is 5.73 Å². The summed E-state index contributed by atoms with van der Waals surface area (Å²) < 4.78 is 0. The molecular weight excluding hydrogens is 392 g/mol. The van der Waals surface area contributed by atoms with Crippen LogP contribution in [0.15, 0.2) is 0 Å². The summed E-state index contributed by atoms with van der Waals surface area (Å²) in [6.07, 6.45) is 0. The van der Waals surface area contributed by atoms with Gasteiger partial charge in [-0.05, 0) is 0 Å². The van der Waals surface area contributed by atoms with Gasteiger partial charge in [-0.1, -0.05) is 0 Å². The Labute approximate surface area is 141 Å². The lowest BCUT2D eigenvalue weighted by molar-refractivity contribution is -0.989. The molecule has 0 spiro atoms. The van der Waals surface area contributed by atoms with E-state index in [9.17, 15) is 60.7 Å². The van der Waals surface area contributed by atoms with Gasteiger partial charge in [0.05, 0.1) is 0 Å². The molecule has 0 bridgehead atoms. The minimum absolute atomic E-state index is 1.47. The average molecular weight is 394 g/mol. The van der Waals surface area contributed by atoms with Crippen LogP contribution >= 0.6 is 0 Å². The van der Waals surface area contributed by atoms with Crippen molar-refractivity contribution in [1.82, 2.24) is 15.0 Å². The molecule has 22 nitrogen and oxygen atoms in total. The van der Waals surface area contributed by atoms with Gasteiger partial charge in [0.25, 0.3) is 0 Å². The van der Waals surface area contributed by atoms with Crippen LogP contribution < -0.4 is 5.73 Å². The van der Waals surface area contributed by atoms with E-state index in [1.54, 1.807) is 0 Å². The first-order chi connectivity index (χ1) is 12.3. The molecule has 22 heteroatoms. The van der Waals surface area contributed by atoms with E-state index in [1.165, 1.54) is 0 Å². The topological polar surface area (TPSA) is 324 Å². The third kappa shape index (κ3) is 2.57. The highest BCUT2D eigenvalue weighted by Gasteiger charge is 2.80. The number of anilines is 1. The van der Waals surface area contributed by atoms with Crippen molar-refractivity contribution in [3.63, 3.8) is 0 Å². The maximum atomic E-state index is 11.0. The maximum Gasteiger partial charge on any atom is 0.763 e. The average Bonchev–Trinajstić information content (AvgIpc) is 2.45. The summed E-state index contributed by atoms with van der Waals surface area (Å²) in [6, 6.07) is 0. The summed E-state index contributed by atoms with van der Waals surface area (Å²) in [5, 5.41) is 65.7. The van der Waals surface area contributed by atoms with Gasteiger partial charge in [0.15, 0.2) is 29.5 Å². The molecule has 1 heterocycles. The van der Waals surface area contributed by atoms with Gasteiger partial charge in [0.1, 0.15) is 0 Å². The molecule has 0 fully saturated rings. The molecule has 144 valence electrons. The fourth-order valence-electron chi connectivity index (χ4n) is 1.58. The zero-order valence-corrected chi connectivity index (χ0v) is 12.0. The molecular formula is C5H2N10O12. The Morgan fingerprint density at radius 2 is 0.778 bits per heavy atom. The molecule has 2 N–H and O–H groups in total. The zero-order chi connectivity index (χ0) is 21.3. The number of nitrogens with two attached hydrogens (primary N) is 1. The molecule has 0 aliphatic carbocycles. The lowest BCUT2D eigenvalue weighted by Gasteiger charge is -2.10. The second-order valence-electron chi connectivity index (χ2n) is 4.15. The number of nitrogen functional groups attached to an aromatic ring is 1. The van der Waals surface area contributed by atoms with Crippen molar-refractivity contribution in [2.24, 2.45) is 0 Å². The van der Waals surface area contributed by atoms with E-state index in [4.69, 9.17) is 5.73 Å². The molecule has 0 saturated carbocycles. The molecule has 0 radical (unpaired) electrons. The van der Waals surface area contributed by atoms with Crippen LogP contribution in [0.25, 0.3) is 0 Å². The second kappa shape index (κ2) is 6.26. The normalized spacial score (nSPS) is 11.4. The quantitative estimate of drug-likeness (QED) is 0.266. The molecule has 1 rings (SSSR count). The highest BCUT2D eigenvalue weighted by atomic mass is 16.7. The lowest BCUT2D eigenvalue weighted by atomic mass is 10.3. The van der Waals surface area contributed by atoms with Gasteiger partial charge in [-0.3, -0.25) is 60.7 Å². The minimum Gasteiger partial charge on any atom is -0.368 e. The van der Waals surface area contributed by atoms with Crippen molar-refractivity contribution >= 4 is 5.95 Å². The number of hydrogen-bond donors (Lipinski definition) is 1. The van der Waals surface area contributed by atoms with Crippen LogP contribution in [0.5, 0.6) is 0 Å². The van der Waals surface area contributed by atoms with E-state index in [1.807, 2.05) is 0 Å². The minimum atomic E-state index is -4.64. The predicted molar refractivity (Wildman–Crippen MR) is 69.6 cm³/mol. The zero-order valence-electron chi connectivity index (χ0n) is 12.0. The van der Waals surface area contributed by atoms with Gasteiger partial charge in [0.2, 0.25) is 5.95 Å². The van der Waals surface area contributed by atoms with Crippen molar-refractivity contribution < 1.29 is 29.5 Å². The summed E-state index contributed by atoms with van der Waals surface area (Å²) in [7, 11) is 0. The van der Waals surface area contributed by atoms with Crippen molar-refractivity contribution in [2.45, 2.75) is 11.6 Å². The van der Waals surface area contributed by atoms with Gasteiger partial charge in [-0.15, -0.1) is 0 Å². The van der Waals surface area contributed by atoms with Crippen LogP contribution in [0.2, 0.25) is 0 Å². The van der Waals surface area contributed by atoms with E-state index < -0.39 is 58.7 Å². The third-order valence-corrected chi connectivity index (χ3v) is 2.78. The molecule has 27 heavy (non-hydrogen) atoms. The first-order valence-electron chi connectivity index (χ1n) is 5.66. The maximum absolute atomic E-state index is 11.0. The Kier molecular flexibility index (Phi) is 4.69. The molecule has 0 aliphatic rings. The van der Waals surface area contributed by atoms with Crippen LogP contribution in [0, 0.1) is 60.7 Å². The molecule has 0 amide bonds. The van der Waals surface area contributed by atoms with E-state index in [0.29, 0.717) is 0 Å². The first-order valence-corrected chi connectivity index (χ1v) is 5.66. The van der Waals surface area contributed by atoms with Crippen LogP contribution in [0.3, 0.4) is 0 Å². The highest BCUT2D eigenvalue weighted by Crippen LogP contribution is 2.28. The number of nitro groups is 6. The van der Waals surface area contributed by atoms with E-state index in [-0.39, 0.29) is 0 Å². The lowest BCUT2D eigenvalue weighted by Crippen LogP contribution is -2.54. The van der Waals surface area contributed by atoms with E-state index in [0.717, 1.165) is 0 Å². The molecule has 0 atom stereocenters. The van der Waals surface area contributed by atoms with Gasteiger partial charge in [-0.2, -0.15) is 15.0 Å². The number of hydrogen-bond acceptors (Lipinski definition) is 16. The molecule has 1 aromatic rings. The Morgan fingerprint density at radius 3 is 0.963 bits per heavy atom. The summed E-state index contributed by atoms with van der Waals surface area (Å²) in [5.74, 6) is -15.0. The van der Waals surface area contributed by atoms with Gasteiger partial charge >= 0.3 is 23.2 Å². The van der Waals surface area contributed by atoms with Crippen LogP contribution in [-0.2, 0) is 11.6 Å². The molecule has 0 saturated heterocycles. The number of nitrogens with zero attached hydrogens (tertiary/aromatic N) is 9. The monoisotopic (exact) mass is 394 g/mol. The fourth-order valence-corrected chi connectivity index (χ4v) is 1.58. The third-order valence-electron chi connectivity index (χ3n) is 2.78. The van der Waals surface area contributed by atoms with Crippen LogP contribution in [0.4, 0.5) is 5.95 Å². The summed E-state index contributed by atoms with van der Waals surface area (Å²) in [4.78, 5) is 60.8. The van der Waals surface area contributed by atoms with Gasteiger partial charge in [-0.25, -0.2) is 0 Å². The summed E-state index contributed by atoms with van der Waals surface area (Å²) in [6.45, 7) is 0. The van der Waals surface area contributed by atoms with Crippen LogP contribution in [-0.4, -0.2) is 44.5 Å². The second-order valence-corrected chi connectivity index (χ2v) is 4.15. The van der Waals surface area contributed by atoms with Gasteiger partial charge in [0, 0.05) is 0 Å². The largest absolute Gasteiger partial charge is 0.763 e. The molecule has 0 aliphatic heterocycles. The summed E-state index contributed by atoms with van der Waals surface area (Å²) >= 11 is 0.